The van der Waals surface area contributed by atoms with Gasteiger partial charge in [-0.3, -0.25) is 9.78 Å². The Balaban J connectivity index is 1.97. The highest BCUT2D eigenvalue weighted by Gasteiger charge is 2.28. The quantitative estimate of drug-likeness (QED) is 0.939. The van der Waals surface area contributed by atoms with Crippen LogP contribution in [0.25, 0.3) is 10.8 Å². The number of carbonyl (C=O) groups is 1. The largest absolute Gasteiger partial charge is 0.395 e. The molecule has 110 valence electrons. The Morgan fingerprint density at radius 3 is 2.76 bits per heavy atom. The third-order valence-corrected chi connectivity index (χ3v) is 4.24. The SMILES string of the molecule is O=C(c1nccc2ccccc12)N(CCO)C1CCCC1. The maximum atomic E-state index is 12.9. The van der Waals surface area contributed by atoms with Gasteiger partial charge in [0.05, 0.1) is 6.61 Å². The predicted octanol–water partition coefficient (Wildman–Crippen LogP) is 2.61. The number of aromatic nitrogens is 1. The lowest BCUT2D eigenvalue weighted by atomic mass is 10.1. The maximum absolute atomic E-state index is 12.9. The van der Waals surface area contributed by atoms with Crippen molar-refractivity contribution in [1.29, 1.82) is 0 Å². The van der Waals surface area contributed by atoms with E-state index in [1.165, 1.54) is 0 Å². The summed E-state index contributed by atoms with van der Waals surface area (Å²) in [5.74, 6) is -0.0623. The first-order valence-corrected chi connectivity index (χ1v) is 7.57. The minimum atomic E-state index is -0.0623. The monoisotopic (exact) mass is 284 g/mol. The van der Waals surface area contributed by atoms with E-state index in [1.807, 2.05) is 35.2 Å². The second kappa shape index (κ2) is 6.22. The molecule has 0 spiro atoms. The van der Waals surface area contributed by atoms with Crippen molar-refractivity contribution in [3.63, 3.8) is 0 Å². The normalized spacial score (nSPS) is 15.5. The van der Waals surface area contributed by atoms with Gasteiger partial charge in [-0.15, -0.1) is 0 Å². The Labute approximate surface area is 124 Å². The van der Waals surface area contributed by atoms with Gasteiger partial charge in [-0.1, -0.05) is 37.1 Å². The molecule has 0 radical (unpaired) electrons. The second-order valence-electron chi connectivity index (χ2n) is 5.54. The van der Waals surface area contributed by atoms with Crippen molar-refractivity contribution < 1.29 is 9.90 Å². The number of hydrogen-bond donors (Lipinski definition) is 1. The van der Waals surface area contributed by atoms with Crippen LogP contribution in [0.2, 0.25) is 0 Å². The Hall–Kier alpha value is -1.94. The summed E-state index contributed by atoms with van der Waals surface area (Å²) in [5.41, 5.74) is 0.494. The molecule has 1 amide bonds. The molecule has 0 saturated heterocycles. The molecule has 1 aliphatic carbocycles. The summed E-state index contributed by atoms with van der Waals surface area (Å²) in [6, 6.07) is 9.95. The Kier molecular flexibility index (Phi) is 4.15. The number of nitrogens with zero attached hydrogens (tertiary/aromatic N) is 2. The second-order valence-corrected chi connectivity index (χ2v) is 5.54. The van der Waals surface area contributed by atoms with Gasteiger partial charge in [0, 0.05) is 24.2 Å². The zero-order valence-corrected chi connectivity index (χ0v) is 12.0. The molecular formula is C17H20N2O2. The van der Waals surface area contributed by atoms with Crippen molar-refractivity contribution in [2.24, 2.45) is 0 Å². The molecule has 1 N–H and O–H groups in total. The molecule has 1 saturated carbocycles. The lowest BCUT2D eigenvalue weighted by Gasteiger charge is -2.28. The highest BCUT2D eigenvalue weighted by Crippen LogP contribution is 2.26. The first-order valence-electron chi connectivity index (χ1n) is 7.57. The van der Waals surface area contributed by atoms with Gasteiger partial charge in [0.25, 0.3) is 5.91 Å². The third-order valence-electron chi connectivity index (χ3n) is 4.24. The van der Waals surface area contributed by atoms with Crippen LogP contribution in [0.1, 0.15) is 36.2 Å². The Morgan fingerprint density at radius 2 is 2.00 bits per heavy atom. The predicted molar refractivity (Wildman–Crippen MR) is 82.1 cm³/mol. The molecule has 1 fully saturated rings. The van der Waals surface area contributed by atoms with Crippen LogP contribution in [0.4, 0.5) is 0 Å². The average molecular weight is 284 g/mol. The number of aliphatic hydroxyl groups is 1. The standard InChI is InChI=1S/C17H20N2O2/c20-12-11-19(14-6-2-3-7-14)17(21)16-15-8-4-1-5-13(15)9-10-18-16/h1,4-5,8-10,14,20H,2-3,6-7,11-12H2. The van der Waals surface area contributed by atoms with Crippen molar-refractivity contribution in [3.05, 3.63) is 42.2 Å². The van der Waals surface area contributed by atoms with E-state index in [2.05, 4.69) is 4.98 Å². The fraction of sp³-hybridized carbons (Fsp3) is 0.412. The smallest absolute Gasteiger partial charge is 0.273 e. The molecular weight excluding hydrogens is 264 g/mol. The maximum Gasteiger partial charge on any atom is 0.273 e. The van der Waals surface area contributed by atoms with Crippen molar-refractivity contribution >= 4 is 16.7 Å². The van der Waals surface area contributed by atoms with Crippen molar-refractivity contribution in [1.82, 2.24) is 9.88 Å². The van der Waals surface area contributed by atoms with Crippen molar-refractivity contribution in [3.8, 4) is 0 Å². The van der Waals surface area contributed by atoms with E-state index in [1.54, 1.807) is 6.20 Å². The van der Waals surface area contributed by atoms with Crippen LogP contribution in [-0.2, 0) is 0 Å². The van der Waals surface area contributed by atoms with Crippen LogP contribution in [0.5, 0.6) is 0 Å². The topological polar surface area (TPSA) is 53.4 Å². The van der Waals surface area contributed by atoms with Gasteiger partial charge in [0.2, 0.25) is 0 Å². The lowest BCUT2D eigenvalue weighted by molar-refractivity contribution is 0.0634. The van der Waals surface area contributed by atoms with Crippen LogP contribution in [0, 0.1) is 0 Å². The van der Waals surface area contributed by atoms with E-state index >= 15 is 0 Å². The summed E-state index contributed by atoms with van der Waals surface area (Å²) >= 11 is 0. The zero-order valence-electron chi connectivity index (χ0n) is 12.0. The fourth-order valence-corrected chi connectivity index (χ4v) is 3.20. The van der Waals surface area contributed by atoms with E-state index in [0.717, 1.165) is 36.5 Å². The molecule has 1 aromatic heterocycles. The van der Waals surface area contributed by atoms with E-state index < -0.39 is 0 Å². The molecule has 4 nitrogen and oxygen atoms in total. The van der Waals surface area contributed by atoms with Gasteiger partial charge in [-0.05, 0) is 24.3 Å². The Bertz CT molecular complexity index is 630. The van der Waals surface area contributed by atoms with Crippen LogP contribution >= 0.6 is 0 Å². The molecule has 1 heterocycles. The van der Waals surface area contributed by atoms with Gasteiger partial charge in [0.15, 0.2) is 0 Å². The molecule has 3 rings (SSSR count). The molecule has 1 aromatic carbocycles. The summed E-state index contributed by atoms with van der Waals surface area (Å²) in [7, 11) is 0. The zero-order chi connectivity index (χ0) is 14.7. The van der Waals surface area contributed by atoms with Gasteiger partial charge in [0.1, 0.15) is 5.69 Å². The summed E-state index contributed by atoms with van der Waals surface area (Å²) in [6.45, 7) is 0.376. The average Bonchev–Trinajstić information content (AvgIpc) is 3.05. The number of aliphatic hydroxyl groups excluding tert-OH is 1. The van der Waals surface area contributed by atoms with E-state index in [4.69, 9.17) is 0 Å². The van der Waals surface area contributed by atoms with Gasteiger partial charge >= 0.3 is 0 Å². The minimum absolute atomic E-state index is 0.00694. The molecule has 0 bridgehead atoms. The molecule has 0 atom stereocenters. The first kappa shape index (κ1) is 14.0. The van der Waals surface area contributed by atoms with Gasteiger partial charge < -0.3 is 10.0 Å². The molecule has 0 aliphatic heterocycles. The summed E-state index contributed by atoms with van der Waals surface area (Å²) in [4.78, 5) is 19.0. The minimum Gasteiger partial charge on any atom is -0.395 e. The highest BCUT2D eigenvalue weighted by atomic mass is 16.3. The Morgan fingerprint density at radius 1 is 1.24 bits per heavy atom. The summed E-state index contributed by atoms with van der Waals surface area (Å²) in [5, 5.41) is 11.2. The number of hydrogen-bond acceptors (Lipinski definition) is 3. The molecule has 1 aliphatic rings. The van der Waals surface area contributed by atoms with Gasteiger partial charge in [-0.2, -0.15) is 0 Å². The number of rotatable bonds is 4. The summed E-state index contributed by atoms with van der Waals surface area (Å²) < 4.78 is 0. The van der Waals surface area contributed by atoms with E-state index in [9.17, 15) is 9.90 Å². The van der Waals surface area contributed by atoms with Crippen LogP contribution < -0.4 is 0 Å². The number of fused-ring (bicyclic) bond motifs is 1. The van der Waals surface area contributed by atoms with Crippen molar-refractivity contribution in [2.45, 2.75) is 31.7 Å². The number of amides is 1. The van der Waals surface area contributed by atoms with Gasteiger partial charge in [-0.25, -0.2) is 0 Å². The first-order chi connectivity index (χ1) is 10.3. The number of pyridine rings is 1. The number of benzene rings is 1. The molecule has 4 heteroatoms. The molecule has 2 aromatic rings. The lowest BCUT2D eigenvalue weighted by Crippen LogP contribution is -2.41. The van der Waals surface area contributed by atoms with Crippen LogP contribution in [-0.4, -0.2) is 40.1 Å². The van der Waals surface area contributed by atoms with Crippen LogP contribution in [0.15, 0.2) is 36.5 Å². The van der Waals surface area contributed by atoms with Crippen LogP contribution in [0.3, 0.4) is 0 Å². The van der Waals surface area contributed by atoms with E-state index in [0.29, 0.717) is 12.2 Å². The van der Waals surface area contributed by atoms with E-state index in [-0.39, 0.29) is 18.6 Å². The fourth-order valence-electron chi connectivity index (χ4n) is 3.20. The summed E-state index contributed by atoms with van der Waals surface area (Å²) in [6.07, 6.45) is 6.04. The molecule has 0 unspecified atom stereocenters. The van der Waals surface area contributed by atoms with Crippen molar-refractivity contribution in [2.75, 3.05) is 13.2 Å². The highest BCUT2D eigenvalue weighted by molar-refractivity contribution is 6.05. The number of carbonyl (C=O) groups excluding carboxylic acids is 1. The third kappa shape index (κ3) is 2.76. The molecule has 21 heavy (non-hydrogen) atoms.